The number of rotatable bonds is 3. The number of aromatic nitrogens is 3. The van der Waals surface area contributed by atoms with E-state index in [9.17, 15) is 4.79 Å². The number of hydrogen-bond donors (Lipinski definition) is 1. The molecule has 0 radical (unpaired) electrons. The van der Waals surface area contributed by atoms with E-state index < -0.39 is 0 Å². The molecule has 0 bridgehead atoms. The Morgan fingerprint density at radius 2 is 2.12 bits per heavy atom. The standard InChI is InChI=1S/C11H19N5O/c1-9-5-12-6-10(2)16(9)11(17)3-4-15-8-13-7-14-15/h7-10,12H,3-6H2,1-2H3. The van der Waals surface area contributed by atoms with Crippen molar-refractivity contribution in [3.05, 3.63) is 12.7 Å². The van der Waals surface area contributed by atoms with Gasteiger partial charge in [0.2, 0.25) is 5.91 Å². The van der Waals surface area contributed by atoms with Crippen molar-refractivity contribution in [3.63, 3.8) is 0 Å². The zero-order valence-corrected chi connectivity index (χ0v) is 10.3. The summed E-state index contributed by atoms with van der Waals surface area (Å²) in [6.07, 6.45) is 3.61. The monoisotopic (exact) mass is 237 g/mol. The van der Waals surface area contributed by atoms with Crippen LogP contribution in [-0.4, -0.2) is 50.7 Å². The summed E-state index contributed by atoms with van der Waals surface area (Å²) >= 11 is 0. The van der Waals surface area contributed by atoms with E-state index >= 15 is 0 Å². The topological polar surface area (TPSA) is 63.1 Å². The van der Waals surface area contributed by atoms with Crippen LogP contribution in [0.1, 0.15) is 20.3 Å². The zero-order chi connectivity index (χ0) is 12.3. The van der Waals surface area contributed by atoms with E-state index in [0.717, 1.165) is 13.1 Å². The summed E-state index contributed by atoms with van der Waals surface area (Å²) in [5, 5.41) is 7.31. The van der Waals surface area contributed by atoms with E-state index in [1.54, 1.807) is 11.0 Å². The van der Waals surface area contributed by atoms with E-state index in [-0.39, 0.29) is 18.0 Å². The molecule has 1 saturated heterocycles. The quantitative estimate of drug-likeness (QED) is 0.796. The second-order valence-corrected chi connectivity index (χ2v) is 4.57. The van der Waals surface area contributed by atoms with Gasteiger partial charge in [-0.25, -0.2) is 4.98 Å². The first-order valence-corrected chi connectivity index (χ1v) is 6.03. The molecule has 94 valence electrons. The second kappa shape index (κ2) is 5.27. The van der Waals surface area contributed by atoms with Gasteiger partial charge >= 0.3 is 0 Å². The molecule has 0 aliphatic carbocycles. The minimum absolute atomic E-state index is 0.196. The van der Waals surface area contributed by atoms with Crippen molar-refractivity contribution in [2.45, 2.75) is 38.9 Å². The third-order valence-electron chi connectivity index (χ3n) is 3.14. The number of nitrogens with zero attached hydrogens (tertiary/aromatic N) is 4. The van der Waals surface area contributed by atoms with Gasteiger partial charge in [-0.3, -0.25) is 9.48 Å². The number of carbonyl (C=O) groups excluding carboxylic acids is 1. The Labute approximate surface area is 101 Å². The third kappa shape index (κ3) is 2.82. The highest BCUT2D eigenvalue weighted by atomic mass is 16.2. The van der Waals surface area contributed by atoms with Gasteiger partial charge in [-0.1, -0.05) is 0 Å². The maximum Gasteiger partial charge on any atom is 0.225 e. The highest BCUT2D eigenvalue weighted by molar-refractivity contribution is 5.77. The van der Waals surface area contributed by atoms with Crippen LogP contribution < -0.4 is 5.32 Å². The fraction of sp³-hybridized carbons (Fsp3) is 0.727. The van der Waals surface area contributed by atoms with Crippen molar-refractivity contribution in [1.82, 2.24) is 25.0 Å². The molecule has 2 unspecified atom stereocenters. The van der Waals surface area contributed by atoms with Crippen LogP contribution in [0.15, 0.2) is 12.7 Å². The lowest BCUT2D eigenvalue weighted by Gasteiger charge is -2.39. The Morgan fingerprint density at radius 3 is 2.71 bits per heavy atom. The van der Waals surface area contributed by atoms with Crippen molar-refractivity contribution in [3.8, 4) is 0 Å². The van der Waals surface area contributed by atoms with Crippen LogP contribution in [0.4, 0.5) is 0 Å². The molecule has 1 aromatic rings. The van der Waals surface area contributed by atoms with Gasteiger partial charge in [-0.15, -0.1) is 0 Å². The van der Waals surface area contributed by atoms with Gasteiger partial charge in [0, 0.05) is 31.6 Å². The average Bonchev–Trinajstić information content (AvgIpc) is 2.79. The lowest BCUT2D eigenvalue weighted by molar-refractivity contribution is -0.136. The SMILES string of the molecule is CC1CNCC(C)N1C(=O)CCn1cncn1. The molecular weight excluding hydrogens is 218 g/mol. The smallest absolute Gasteiger partial charge is 0.225 e. The Hall–Kier alpha value is -1.43. The van der Waals surface area contributed by atoms with Crippen LogP contribution in [0, 0.1) is 0 Å². The fourth-order valence-corrected chi connectivity index (χ4v) is 2.31. The summed E-state index contributed by atoms with van der Waals surface area (Å²) in [6.45, 7) is 6.51. The Bertz CT molecular complexity index is 354. The number of aryl methyl sites for hydroxylation is 1. The molecule has 2 heterocycles. The summed E-state index contributed by atoms with van der Waals surface area (Å²) in [5.41, 5.74) is 0. The molecule has 2 atom stereocenters. The lowest BCUT2D eigenvalue weighted by atomic mass is 10.1. The zero-order valence-electron chi connectivity index (χ0n) is 10.3. The first kappa shape index (κ1) is 12.0. The molecule has 0 spiro atoms. The Morgan fingerprint density at radius 1 is 1.41 bits per heavy atom. The van der Waals surface area contributed by atoms with Crippen molar-refractivity contribution in [2.24, 2.45) is 0 Å². The minimum Gasteiger partial charge on any atom is -0.335 e. The maximum absolute atomic E-state index is 12.2. The van der Waals surface area contributed by atoms with Gasteiger partial charge in [0.25, 0.3) is 0 Å². The molecule has 1 amide bonds. The van der Waals surface area contributed by atoms with Crippen molar-refractivity contribution in [1.29, 1.82) is 0 Å². The van der Waals surface area contributed by atoms with Crippen molar-refractivity contribution >= 4 is 5.91 Å². The molecule has 6 nitrogen and oxygen atoms in total. The Kier molecular flexibility index (Phi) is 3.73. The van der Waals surface area contributed by atoms with Gasteiger partial charge in [-0.05, 0) is 13.8 Å². The van der Waals surface area contributed by atoms with Crippen LogP contribution in [0.5, 0.6) is 0 Å². The maximum atomic E-state index is 12.2. The number of piperazine rings is 1. The molecule has 1 aliphatic rings. The summed E-state index contributed by atoms with van der Waals surface area (Å²) in [7, 11) is 0. The van der Waals surface area contributed by atoms with Crippen LogP contribution in [0.25, 0.3) is 0 Å². The third-order valence-corrected chi connectivity index (χ3v) is 3.14. The van der Waals surface area contributed by atoms with Crippen LogP contribution in [0.2, 0.25) is 0 Å². The number of nitrogens with one attached hydrogen (secondary N) is 1. The minimum atomic E-state index is 0.196. The summed E-state index contributed by atoms with van der Waals surface area (Å²) in [4.78, 5) is 18.0. The molecule has 17 heavy (non-hydrogen) atoms. The van der Waals surface area contributed by atoms with Crippen LogP contribution in [0.3, 0.4) is 0 Å². The number of amides is 1. The van der Waals surface area contributed by atoms with Gasteiger partial charge in [0.1, 0.15) is 12.7 Å². The van der Waals surface area contributed by atoms with E-state index in [4.69, 9.17) is 0 Å². The van der Waals surface area contributed by atoms with Gasteiger partial charge in [0.15, 0.2) is 0 Å². The fourth-order valence-electron chi connectivity index (χ4n) is 2.31. The molecule has 0 aromatic carbocycles. The normalized spacial score (nSPS) is 24.9. The van der Waals surface area contributed by atoms with Gasteiger partial charge in [0.05, 0.1) is 6.54 Å². The van der Waals surface area contributed by atoms with E-state index in [1.807, 2.05) is 4.90 Å². The highest BCUT2D eigenvalue weighted by Crippen LogP contribution is 2.11. The van der Waals surface area contributed by atoms with Gasteiger partial charge in [-0.2, -0.15) is 5.10 Å². The highest BCUT2D eigenvalue weighted by Gasteiger charge is 2.28. The summed E-state index contributed by atoms with van der Waals surface area (Å²) in [5.74, 6) is 0.196. The number of carbonyl (C=O) groups is 1. The van der Waals surface area contributed by atoms with E-state index in [2.05, 4.69) is 29.2 Å². The predicted octanol–water partition coefficient (Wildman–Crippen LogP) is -0.123. The van der Waals surface area contributed by atoms with Crippen LogP contribution >= 0.6 is 0 Å². The van der Waals surface area contributed by atoms with E-state index in [0.29, 0.717) is 13.0 Å². The molecule has 0 saturated carbocycles. The molecule has 1 aromatic heterocycles. The molecule has 2 rings (SSSR count). The predicted molar refractivity (Wildman–Crippen MR) is 63.3 cm³/mol. The molecule has 1 fully saturated rings. The van der Waals surface area contributed by atoms with Crippen LogP contribution in [-0.2, 0) is 11.3 Å². The Balaban J connectivity index is 1.90. The van der Waals surface area contributed by atoms with Crippen molar-refractivity contribution in [2.75, 3.05) is 13.1 Å². The lowest BCUT2D eigenvalue weighted by Crippen LogP contribution is -2.57. The second-order valence-electron chi connectivity index (χ2n) is 4.57. The summed E-state index contributed by atoms with van der Waals surface area (Å²) < 4.78 is 1.69. The van der Waals surface area contributed by atoms with Gasteiger partial charge < -0.3 is 10.2 Å². The molecule has 6 heteroatoms. The molecular formula is C11H19N5O. The van der Waals surface area contributed by atoms with Crippen molar-refractivity contribution < 1.29 is 4.79 Å². The number of hydrogen-bond acceptors (Lipinski definition) is 4. The summed E-state index contributed by atoms with van der Waals surface area (Å²) in [6, 6.07) is 0.531. The first-order chi connectivity index (χ1) is 8.18. The molecule has 1 N–H and O–H groups in total. The largest absolute Gasteiger partial charge is 0.335 e. The van der Waals surface area contributed by atoms with E-state index in [1.165, 1.54) is 6.33 Å². The first-order valence-electron chi connectivity index (χ1n) is 6.03. The average molecular weight is 237 g/mol. The molecule has 1 aliphatic heterocycles.